The van der Waals surface area contributed by atoms with E-state index in [0.29, 0.717) is 33.7 Å². The third kappa shape index (κ3) is 4.93. The molecule has 0 unspecified atom stereocenters. The monoisotopic (exact) mass is 597 g/mol. The van der Waals surface area contributed by atoms with Gasteiger partial charge in [-0.25, -0.2) is 26.9 Å². The number of alkyl halides is 2. The molecule has 1 fully saturated rings. The first-order valence-electron chi connectivity index (χ1n) is 11.8. The molecular weight excluding hydrogens is 572 g/mol. The van der Waals surface area contributed by atoms with E-state index in [-0.39, 0.29) is 25.0 Å². The van der Waals surface area contributed by atoms with E-state index in [1.54, 1.807) is 36.1 Å². The van der Waals surface area contributed by atoms with Gasteiger partial charge in [-0.15, -0.1) is 0 Å². The van der Waals surface area contributed by atoms with Crippen molar-refractivity contribution in [2.24, 2.45) is 5.41 Å². The minimum Gasteiger partial charge on any atom is -0.359 e. The maximum absolute atomic E-state index is 12.7. The van der Waals surface area contributed by atoms with E-state index in [1.807, 2.05) is 6.92 Å². The fraction of sp³-hybridized carbons (Fsp3) is 0.478. The van der Waals surface area contributed by atoms with Crippen molar-refractivity contribution in [3.05, 3.63) is 40.1 Å². The number of hydrogen-bond donors (Lipinski definition) is 2. The zero-order valence-corrected chi connectivity index (χ0v) is 22.6. The molecule has 2 aliphatic rings. The normalized spacial score (nSPS) is 22.1. The van der Waals surface area contributed by atoms with Crippen LogP contribution in [0.25, 0.3) is 16.7 Å². The lowest BCUT2D eigenvalue weighted by Crippen LogP contribution is -2.35. The van der Waals surface area contributed by atoms with Gasteiger partial charge >= 0.3 is 0 Å². The van der Waals surface area contributed by atoms with Gasteiger partial charge in [-0.3, -0.25) is 4.79 Å². The van der Waals surface area contributed by atoms with Gasteiger partial charge in [0.25, 0.3) is 6.43 Å². The number of aromatic nitrogens is 4. The summed E-state index contributed by atoms with van der Waals surface area (Å²) in [5.74, 6) is -0.759. The van der Waals surface area contributed by atoms with E-state index in [2.05, 4.69) is 41.6 Å². The van der Waals surface area contributed by atoms with Gasteiger partial charge in [0.1, 0.15) is 10.4 Å². The number of halogens is 3. The number of nitrogens with one attached hydrogen (secondary N) is 2. The van der Waals surface area contributed by atoms with Gasteiger partial charge in [-0.1, -0.05) is 13.0 Å². The van der Waals surface area contributed by atoms with Crippen molar-refractivity contribution in [1.82, 2.24) is 29.4 Å². The Hall–Kier alpha value is -2.71. The van der Waals surface area contributed by atoms with Crippen LogP contribution in [0.15, 0.2) is 29.0 Å². The summed E-state index contributed by atoms with van der Waals surface area (Å²) in [4.78, 5) is 21.4. The third-order valence-corrected chi connectivity index (χ3v) is 9.39. The average Bonchev–Trinajstić information content (AvgIpc) is 3.53. The van der Waals surface area contributed by atoms with Crippen LogP contribution in [0.3, 0.4) is 0 Å². The molecule has 1 saturated carbocycles. The molecule has 0 spiro atoms. The molecule has 1 aromatic carbocycles. The molecule has 2 atom stereocenters. The lowest BCUT2D eigenvalue weighted by molar-refractivity contribution is -0.129. The maximum atomic E-state index is 12.7. The minimum absolute atomic E-state index is 0.0200. The Labute approximate surface area is 221 Å². The van der Waals surface area contributed by atoms with E-state index >= 15 is 0 Å². The topological polar surface area (TPSA) is 122 Å². The third-order valence-electron chi connectivity index (χ3n) is 7.09. The van der Waals surface area contributed by atoms with E-state index in [9.17, 15) is 22.0 Å². The van der Waals surface area contributed by atoms with Crippen molar-refractivity contribution in [3.63, 3.8) is 0 Å². The quantitative estimate of drug-likeness (QED) is 0.429. The van der Waals surface area contributed by atoms with Crippen molar-refractivity contribution >= 4 is 48.8 Å². The number of benzene rings is 1. The predicted octanol–water partition coefficient (Wildman–Crippen LogP) is 3.21. The van der Waals surface area contributed by atoms with Crippen LogP contribution in [0.1, 0.15) is 37.3 Å². The van der Waals surface area contributed by atoms with Gasteiger partial charge in [0.05, 0.1) is 11.1 Å². The number of amides is 1. The van der Waals surface area contributed by atoms with Crippen LogP contribution >= 0.6 is 15.9 Å². The van der Waals surface area contributed by atoms with Gasteiger partial charge in [0.15, 0.2) is 5.65 Å². The largest absolute Gasteiger partial charge is 0.359 e. The van der Waals surface area contributed by atoms with Crippen molar-refractivity contribution < 1.29 is 22.0 Å². The molecule has 10 nitrogen and oxygen atoms in total. The van der Waals surface area contributed by atoms with Crippen LogP contribution in [0.5, 0.6) is 0 Å². The van der Waals surface area contributed by atoms with Crippen molar-refractivity contribution in [2.75, 3.05) is 18.1 Å². The summed E-state index contributed by atoms with van der Waals surface area (Å²) in [6.45, 7) is 2.03. The van der Waals surface area contributed by atoms with Gasteiger partial charge < -0.3 is 10.6 Å². The first kappa shape index (κ1) is 25.9. The first-order valence-corrected chi connectivity index (χ1v) is 14.2. The standard InChI is InChI=1S/C23H26BrF2N7O3S/c1-23(21(34)27-2)6-5-15(8-23)29-22-28-9-17-19(24)31-33(20(17)30-22)16-4-3-13-10-32(11-14(13)7-16)37(35,36)12-18(25)26/h3-4,7,9,15,18H,5-6,8,10-12H2,1-2H3,(H,27,34)(H,28,29,30)/t15-,23-/m1/s1. The number of hydrogen-bond acceptors (Lipinski definition) is 7. The fourth-order valence-corrected chi connectivity index (χ4v) is 6.75. The Bertz CT molecular complexity index is 1480. The summed E-state index contributed by atoms with van der Waals surface area (Å²) in [5, 5.41) is 11.3. The van der Waals surface area contributed by atoms with Gasteiger partial charge in [-0.05, 0) is 58.5 Å². The highest BCUT2D eigenvalue weighted by Crippen LogP contribution is 2.39. The van der Waals surface area contributed by atoms with Gasteiger partial charge in [0.2, 0.25) is 21.9 Å². The summed E-state index contributed by atoms with van der Waals surface area (Å²) in [5.41, 5.74) is 2.23. The number of carbonyl (C=O) groups excluding carboxylic acids is 1. The summed E-state index contributed by atoms with van der Waals surface area (Å²) < 4.78 is 53.3. The number of nitrogens with zero attached hydrogens (tertiary/aromatic N) is 5. The molecule has 0 bridgehead atoms. The van der Waals surface area contributed by atoms with E-state index < -0.39 is 27.6 Å². The molecular formula is C23H26BrF2N7O3S. The smallest absolute Gasteiger partial charge is 0.253 e. The molecule has 1 aliphatic heterocycles. The zero-order chi connectivity index (χ0) is 26.5. The van der Waals surface area contributed by atoms with E-state index in [0.717, 1.165) is 28.3 Å². The van der Waals surface area contributed by atoms with E-state index in [1.165, 1.54) is 0 Å². The second-order valence-corrected chi connectivity index (χ2v) is 12.5. The van der Waals surface area contributed by atoms with Gasteiger partial charge in [0, 0.05) is 37.8 Å². The molecule has 1 aliphatic carbocycles. The van der Waals surface area contributed by atoms with Crippen molar-refractivity contribution in [2.45, 2.75) is 51.7 Å². The molecule has 37 heavy (non-hydrogen) atoms. The highest BCUT2D eigenvalue weighted by Gasteiger charge is 2.41. The average molecular weight is 598 g/mol. The summed E-state index contributed by atoms with van der Waals surface area (Å²) in [6, 6.07) is 5.41. The summed E-state index contributed by atoms with van der Waals surface area (Å²) >= 11 is 3.45. The number of fused-ring (bicyclic) bond motifs is 2. The predicted molar refractivity (Wildman–Crippen MR) is 137 cm³/mol. The second-order valence-electron chi connectivity index (χ2n) is 9.75. The lowest BCUT2D eigenvalue weighted by atomic mass is 9.87. The molecule has 5 rings (SSSR count). The Morgan fingerprint density at radius 1 is 1.30 bits per heavy atom. The van der Waals surface area contributed by atoms with Crippen LogP contribution in [-0.2, 0) is 27.9 Å². The molecule has 0 radical (unpaired) electrons. The molecule has 2 aromatic heterocycles. The molecule has 3 aromatic rings. The Morgan fingerprint density at radius 3 is 2.78 bits per heavy atom. The summed E-state index contributed by atoms with van der Waals surface area (Å²) in [6.07, 6.45) is 0.963. The lowest BCUT2D eigenvalue weighted by Gasteiger charge is -2.22. The maximum Gasteiger partial charge on any atom is 0.253 e. The summed E-state index contributed by atoms with van der Waals surface area (Å²) in [7, 11) is -2.43. The van der Waals surface area contributed by atoms with Crippen LogP contribution in [0.2, 0.25) is 0 Å². The number of sulfonamides is 1. The molecule has 1 amide bonds. The Morgan fingerprint density at radius 2 is 2.05 bits per heavy atom. The first-order chi connectivity index (χ1) is 17.5. The molecule has 14 heteroatoms. The van der Waals surface area contributed by atoms with Gasteiger partial charge in [-0.2, -0.15) is 14.4 Å². The van der Waals surface area contributed by atoms with Crippen LogP contribution in [0.4, 0.5) is 14.7 Å². The molecule has 2 N–H and O–H groups in total. The Balaban J connectivity index is 1.40. The van der Waals surface area contributed by atoms with Crippen molar-refractivity contribution in [3.8, 4) is 5.69 Å². The highest BCUT2D eigenvalue weighted by atomic mass is 79.9. The zero-order valence-electron chi connectivity index (χ0n) is 20.2. The molecule has 3 heterocycles. The highest BCUT2D eigenvalue weighted by molar-refractivity contribution is 9.10. The van der Waals surface area contributed by atoms with E-state index in [4.69, 9.17) is 0 Å². The SMILES string of the molecule is CNC(=O)[C@]1(C)CC[C@@H](Nc2ncc3c(Br)nn(-c4ccc5c(c4)CN(S(=O)(=O)CC(F)F)C5)c3n2)C1. The van der Waals surface area contributed by atoms with Crippen LogP contribution < -0.4 is 10.6 Å². The Kier molecular flexibility index (Phi) is 6.69. The fourth-order valence-electron chi connectivity index (χ4n) is 5.12. The van der Waals surface area contributed by atoms with Crippen LogP contribution in [-0.4, -0.2) is 63.6 Å². The van der Waals surface area contributed by atoms with Crippen LogP contribution in [0, 0.1) is 5.41 Å². The number of rotatable bonds is 7. The second kappa shape index (κ2) is 9.55. The molecule has 198 valence electrons. The minimum atomic E-state index is -4.07. The van der Waals surface area contributed by atoms with Crippen molar-refractivity contribution in [1.29, 1.82) is 0 Å². The number of anilines is 1. The molecule has 0 saturated heterocycles. The number of carbonyl (C=O) groups is 1.